The number of rotatable bonds is 3. The number of fused-ring (bicyclic) bond motifs is 1. The van der Waals surface area contributed by atoms with E-state index in [1.54, 1.807) is 29.0 Å². The molecule has 4 nitrogen and oxygen atoms in total. The molecule has 0 amide bonds. The summed E-state index contributed by atoms with van der Waals surface area (Å²) >= 11 is 0. The van der Waals surface area contributed by atoms with Gasteiger partial charge in [-0.25, -0.2) is 8.91 Å². The average molecular weight is 328 g/mol. The van der Waals surface area contributed by atoms with Gasteiger partial charge in [0.15, 0.2) is 0 Å². The van der Waals surface area contributed by atoms with Crippen LogP contribution in [0, 0.1) is 17.1 Å². The molecule has 0 bridgehead atoms. The Hall–Kier alpha value is -3.52. The number of nitriles is 1. The molecule has 25 heavy (non-hydrogen) atoms. The topological polar surface area (TPSA) is 54.0 Å². The molecule has 0 saturated heterocycles. The Kier molecular flexibility index (Phi) is 3.71. The monoisotopic (exact) mass is 328 g/mol. The molecule has 3 aromatic heterocycles. The molecule has 0 spiro atoms. The summed E-state index contributed by atoms with van der Waals surface area (Å²) in [5.74, 6) is -0.289. The molecule has 0 aliphatic rings. The quantitative estimate of drug-likeness (QED) is 0.564. The lowest BCUT2D eigenvalue weighted by Crippen LogP contribution is -1.97. The van der Waals surface area contributed by atoms with Gasteiger partial charge in [0.1, 0.15) is 11.5 Å². The minimum Gasteiger partial charge on any atom is -0.265 e. The van der Waals surface area contributed by atoms with Crippen LogP contribution in [0.3, 0.4) is 0 Å². The molecule has 5 heteroatoms. The van der Waals surface area contributed by atoms with E-state index in [4.69, 9.17) is 10.4 Å². The average Bonchev–Trinajstić information content (AvgIpc) is 3.04. The standard InChI is InChI=1S/C20H13FN4/c21-16-6-4-15(5-7-16)20-19(14-9-12-23-13-10-14)18-3-1-2-17(8-11-22)25(18)24-20/h1-7,9-10,12-13H,8H2. The molecule has 4 rings (SSSR count). The zero-order valence-electron chi connectivity index (χ0n) is 13.2. The van der Waals surface area contributed by atoms with Crippen molar-refractivity contribution in [2.45, 2.75) is 6.42 Å². The summed E-state index contributed by atoms with van der Waals surface area (Å²) in [6.07, 6.45) is 3.72. The van der Waals surface area contributed by atoms with E-state index in [1.807, 2.05) is 30.3 Å². The minimum atomic E-state index is -0.289. The number of benzene rings is 1. The zero-order chi connectivity index (χ0) is 17.2. The van der Waals surface area contributed by atoms with Crippen molar-refractivity contribution in [1.82, 2.24) is 14.6 Å². The van der Waals surface area contributed by atoms with Gasteiger partial charge in [-0.2, -0.15) is 10.4 Å². The largest absolute Gasteiger partial charge is 0.265 e. The molecule has 0 unspecified atom stereocenters. The van der Waals surface area contributed by atoms with Crippen molar-refractivity contribution in [3.8, 4) is 28.5 Å². The fraction of sp³-hybridized carbons (Fsp3) is 0.0500. The van der Waals surface area contributed by atoms with Gasteiger partial charge < -0.3 is 0 Å². The van der Waals surface area contributed by atoms with Gasteiger partial charge in [0, 0.05) is 23.5 Å². The van der Waals surface area contributed by atoms with Gasteiger partial charge in [-0.1, -0.05) is 6.07 Å². The maximum absolute atomic E-state index is 13.3. The number of aromatic nitrogens is 3. The van der Waals surface area contributed by atoms with E-state index in [0.29, 0.717) is 0 Å². The Balaban J connectivity index is 2.05. The highest BCUT2D eigenvalue weighted by Gasteiger charge is 2.17. The van der Waals surface area contributed by atoms with Gasteiger partial charge in [-0.15, -0.1) is 0 Å². The molecule has 120 valence electrons. The van der Waals surface area contributed by atoms with E-state index in [-0.39, 0.29) is 12.2 Å². The predicted octanol–water partition coefficient (Wildman–Crippen LogP) is 4.27. The molecular formula is C20H13FN4. The van der Waals surface area contributed by atoms with Crippen LogP contribution >= 0.6 is 0 Å². The third-order valence-electron chi connectivity index (χ3n) is 4.08. The number of nitrogens with zero attached hydrogens (tertiary/aromatic N) is 4. The predicted molar refractivity (Wildman–Crippen MR) is 93.1 cm³/mol. The van der Waals surface area contributed by atoms with Crippen LogP contribution in [0.15, 0.2) is 67.0 Å². The summed E-state index contributed by atoms with van der Waals surface area (Å²) in [6, 6.07) is 18.1. The van der Waals surface area contributed by atoms with Crippen LogP contribution in [0.25, 0.3) is 27.9 Å². The molecule has 0 aliphatic heterocycles. The molecule has 0 atom stereocenters. The van der Waals surface area contributed by atoms with Gasteiger partial charge in [-0.05, 0) is 54.1 Å². The van der Waals surface area contributed by atoms with Crippen LogP contribution in [0.4, 0.5) is 4.39 Å². The lowest BCUT2D eigenvalue weighted by molar-refractivity contribution is 0.628. The molecule has 3 heterocycles. The Morgan fingerprint density at radius 3 is 2.44 bits per heavy atom. The highest BCUT2D eigenvalue weighted by molar-refractivity contribution is 5.92. The first kappa shape index (κ1) is 15.0. The fourth-order valence-electron chi connectivity index (χ4n) is 2.95. The number of pyridine rings is 2. The van der Waals surface area contributed by atoms with Gasteiger partial charge in [-0.3, -0.25) is 4.98 Å². The summed E-state index contributed by atoms with van der Waals surface area (Å²) in [4.78, 5) is 4.08. The SMILES string of the molecule is N#CCc1cccc2c(-c3ccncc3)c(-c3ccc(F)cc3)nn12. The third-order valence-corrected chi connectivity index (χ3v) is 4.08. The number of hydrogen-bond acceptors (Lipinski definition) is 3. The van der Waals surface area contributed by atoms with Crippen LogP contribution in [-0.2, 0) is 6.42 Å². The second-order valence-corrected chi connectivity index (χ2v) is 5.62. The van der Waals surface area contributed by atoms with E-state index in [2.05, 4.69) is 11.1 Å². The summed E-state index contributed by atoms with van der Waals surface area (Å²) in [7, 11) is 0. The first-order valence-electron chi connectivity index (χ1n) is 7.82. The molecule has 0 saturated carbocycles. The normalized spacial score (nSPS) is 10.7. The van der Waals surface area contributed by atoms with Gasteiger partial charge >= 0.3 is 0 Å². The van der Waals surface area contributed by atoms with E-state index >= 15 is 0 Å². The first-order valence-corrected chi connectivity index (χ1v) is 7.82. The van der Waals surface area contributed by atoms with E-state index in [1.165, 1.54) is 12.1 Å². The van der Waals surface area contributed by atoms with Crippen LogP contribution in [-0.4, -0.2) is 14.6 Å². The van der Waals surface area contributed by atoms with Crippen molar-refractivity contribution in [1.29, 1.82) is 5.26 Å². The Labute approximate surface area is 143 Å². The lowest BCUT2D eigenvalue weighted by Gasteiger charge is -2.04. The molecule has 0 aliphatic carbocycles. The van der Waals surface area contributed by atoms with Crippen LogP contribution < -0.4 is 0 Å². The second-order valence-electron chi connectivity index (χ2n) is 5.62. The van der Waals surface area contributed by atoms with Crippen molar-refractivity contribution < 1.29 is 4.39 Å². The Morgan fingerprint density at radius 2 is 1.72 bits per heavy atom. The smallest absolute Gasteiger partial charge is 0.123 e. The molecule has 4 aromatic rings. The zero-order valence-corrected chi connectivity index (χ0v) is 13.2. The molecular weight excluding hydrogens is 315 g/mol. The van der Waals surface area contributed by atoms with E-state index in [9.17, 15) is 4.39 Å². The van der Waals surface area contributed by atoms with E-state index in [0.717, 1.165) is 33.6 Å². The van der Waals surface area contributed by atoms with Crippen LogP contribution in [0.5, 0.6) is 0 Å². The second kappa shape index (κ2) is 6.17. The lowest BCUT2D eigenvalue weighted by atomic mass is 10.0. The van der Waals surface area contributed by atoms with Gasteiger partial charge in [0.05, 0.1) is 23.7 Å². The van der Waals surface area contributed by atoms with Gasteiger partial charge in [0.2, 0.25) is 0 Å². The first-order chi connectivity index (χ1) is 12.3. The highest BCUT2D eigenvalue weighted by Crippen LogP contribution is 2.35. The highest BCUT2D eigenvalue weighted by atomic mass is 19.1. The molecule has 0 N–H and O–H groups in total. The Morgan fingerprint density at radius 1 is 0.960 bits per heavy atom. The Bertz CT molecular complexity index is 1080. The maximum atomic E-state index is 13.3. The van der Waals surface area contributed by atoms with Crippen molar-refractivity contribution >= 4 is 5.52 Å². The fourth-order valence-corrected chi connectivity index (χ4v) is 2.95. The van der Waals surface area contributed by atoms with Crippen LogP contribution in [0.1, 0.15) is 5.69 Å². The minimum absolute atomic E-state index is 0.262. The number of hydrogen-bond donors (Lipinski definition) is 0. The molecule has 0 radical (unpaired) electrons. The summed E-state index contributed by atoms with van der Waals surface area (Å²) in [5, 5.41) is 13.8. The van der Waals surface area contributed by atoms with Crippen molar-refractivity contribution in [3.05, 3.63) is 78.5 Å². The third kappa shape index (κ3) is 2.64. The summed E-state index contributed by atoms with van der Waals surface area (Å²) in [5.41, 5.74) is 5.19. The van der Waals surface area contributed by atoms with Gasteiger partial charge in [0.25, 0.3) is 0 Å². The van der Waals surface area contributed by atoms with Crippen molar-refractivity contribution in [2.75, 3.05) is 0 Å². The van der Waals surface area contributed by atoms with E-state index < -0.39 is 0 Å². The van der Waals surface area contributed by atoms with Crippen molar-refractivity contribution in [3.63, 3.8) is 0 Å². The number of halogens is 1. The molecule has 1 aromatic carbocycles. The maximum Gasteiger partial charge on any atom is 0.123 e. The van der Waals surface area contributed by atoms with Crippen molar-refractivity contribution in [2.24, 2.45) is 0 Å². The molecule has 0 fully saturated rings. The summed E-state index contributed by atoms with van der Waals surface area (Å²) < 4.78 is 15.1. The van der Waals surface area contributed by atoms with Crippen LogP contribution in [0.2, 0.25) is 0 Å². The summed E-state index contributed by atoms with van der Waals surface area (Å²) in [6.45, 7) is 0.